The summed E-state index contributed by atoms with van der Waals surface area (Å²) in [4.78, 5) is 26.2. The van der Waals surface area contributed by atoms with E-state index in [9.17, 15) is 18.0 Å². The molecule has 0 bridgehead atoms. The van der Waals surface area contributed by atoms with Crippen molar-refractivity contribution in [3.63, 3.8) is 0 Å². The molecule has 2 atom stereocenters. The predicted octanol–water partition coefficient (Wildman–Crippen LogP) is 2.98. The van der Waals surface area contributed by atoms with Gasteiger partial charge in [0.2, 0.25) is 5.91 Å². The second-order valence-electron chi connectivity index (χ2n) is 7.94. The Labute approximate surface area is 162 Å². The van der Waals surface area contributed by atoms with Crippen LogP contribution < -0.4 is 9.62 Å². The molecular formula is C20H30N2O4S. The van der Waals surface area contributed by atoms with Crippen molar-refractivity contribution in [2.24, 2.45) is 17.8 Å². The summed E-state index contributed by atoms with van der Waals surface area (Å²) in [6.07, 6.45) is 1.62. The van der Waals surface area contributed by atoms with E-state index in [1.54, 1.807) is 26.0 Å². The second-order valence-corrected chi connectivity index (χ2v) is 9.62. The lowest BCUT2D eigenvalue weighted by atomic mass is 9.84. The van der Waals surface area contributed by atoms with Gasteiger partial charge in [-0.25, -0.2) is 13.1 Å². The monoisotopic (exact) mass is 394 g/mol. The fraction of sp³-hybridized carbons (Fsp3) is 0.600. The zero-order valence-electron chi connectivity index (χ0n) is 16.7. The van der Waals surface area contributed by atoms with Crippen LogP contribution in [0, 0.1) is 17.8 Å². The molecule has 2 rings (SSSR count). The molecule has 1 fully saturated rings. The number of anilines is 1. The van der Waals surface area contributed by atoms with E-state index in [2.05, 4.69) is 16.5 Å². The van der Waals surface area contributed by atoms with Crippen molar-refractivity contribution in [2.75, 3.05) is 11.4 Å². The number of sulfonamides is 1. The Balaban J connectivity index is 2.09. The minimum Gasteiger partial charge on any atom is -0.369 e. The fourth-order valence-electron chi connectivity index (χ4n) is 3.41. The van der Waals surface area contributed by atoms with Gasteiger partial charge in [-0.3, -0.25) is 9.59 Å². The van der Waals surface area contributed by atoms with Gasteiger partial charge in [-0.2, -0.15) is 0 Å². The number of benzene rings is 1. The normalized spacial score (nSPS) is 20.8. The highest BCUT2D eigenvalue weighted by atomic mass is 32.2. The molecule has 1 N–H and O–H groups in total. The van der Waals surface area contributed by atoms with Crippen LogP contribution in [0.3, 0.4) is 0 Å². The molecule has 7 heteroatoms. The van der Waals surface area contributed by atoms with E-state index in [-0.39, 0.29) is 22.8 Å². The van der Waals surface area contributed by atoms with Crippen molar-refractivity contribution in [1.82, 2.24) is 4.72 Å². The average Bonchev–Trinajstić information content (AvgIpc) is 2.60. The lowest BCUT2D eigenvalue weighted by Gasteiger charge is -2.39. The molecule has 0 aliphatic carbocycles. The van der Waals surface area contributed by atoms with Gasteiger partial charge in [-0.1, -0.05) is 27.7 Å². The molecule has 1 aromatic carbocycles. The minimum absolute atomic E-state index is 0.0549. The highest BCUT2D eigenvalue weighted by Crippen LogP contribution is 2.30. The van der Waals surface area contributed by atoms with E-state index >= 15 is 0 Å². The van der Waals surface area contributed by atoms with Gasteiger partial charge in [-0.05, 0) is 44.0 Å². The van der Waals surface area contributed by atoms with E-state index in [1.807, 2.05) is 13.8 Å². The summed E-state index contributed by atoms with van der Waals surface area (Å²) < 4.78 is 26.7. The molecule has 1 aliphatic rings. The summed E-state index contributed by atoms with van der Waals surface area (Å²) in [7, 11) is -3.86. The Bertz CT molecular complexity index is 785. The lowest BCUT2D eigenvalue weighted by molar-refractivity contribution is -0.126. The van der Waals surface area contributed by atoms with Crippen molar-refractivity contribution in [1.29, 1.82) is 0 Å². The molecule has 1 aromatic rings. The average molecular weight is 395 g/mol. The SMILES string of the molecule is CC(C)C(=O)NS(=O)(=O)c1ccc(N2CCC(C(=O)C(C)C)CC2C)cc1. The van der Waals surface area contributed by atoms with Crippen LogP contribution in [0.4, 0.5) is 5.69 Å². The molecular weight excluding hydrogens is 364 g/mol. The maximum atomic E-state index is 12.3. The largest absolute Gasteiger partial charge is 0.369 e. The van der Waals surface area contributed by atoms with Gasteiger partial charge in [0, 0.05) is 36.0 Å². The molecule has 1 heterocycles. The molecule has 1 aliphatic heterocycles. The summed E-state index contributed by atoms with van der Waals surface area (Å²) in [5, 5.41) is 0. The highest BCUT2D eigenvalue weighted by molar-refractivity contribution is 7.90. The Morgan fingerprint density at radius 1 is 1.07 bits per heavy atom. The number of amides is 1. The van der Waals surface area contributed by atoms with Crippen molar-refractivity contribution >= 4 is 27.4 Å². The maximum Gasteiger partial charge on any atom is 0.264 e. The number of piperidine rings is 1. The number of carbonyl (C=O) groups excluding carboxylic acids is 2. The Kier molecular flexibility index (Phi) is 6.68. The summed E-state index contributed by atoms with van der Waals surface area (Å²) in [6, 6.07) is 6.76. The van der Waals surface area contributed by atoms with Crippen LogP contribution in [-0.4, -0.2) is 32.7 Å². The number of nitrogens with zero attached hydrogens (tertiary/aromatic N) is 1. The molecule has 0 radical (unpaired) electrons. The zero-order valence-corrected chi connectivity index (χ0v) is 17.5. The number of carbonyl (C=O) groups is 2. The van der Waals surface area contributed by atoms with E-state index in [1.165, 1.54) is 12.1 Å². The van der Waals surface area contributed by atoms with E-state index in [0.29, 0.717) is 5.78 Å². The molecule has 6 nitrogen and oxygen atoms in total. The van der Waals surface area contributed by atoms with E-state index in [0.717, 1.165) is 25.1 Å². The number of hydrogen-bond donors (Lipinski definition) is 1. The molecule has 1 amide bonds. The number of nitrogens with one attached hydrogen (secondary N) is 1. The van der Waals surface area contributed by atoms with Gasteiger partial charge in [0.1, 0.15) is 5.78 Å². The summed E-state index contributed by atoms with van der Waals surface area (Å²) in [5.74, 6) is -0.454. The Morgan fingerprint density at radius 2 is 1.67 bits per heavy atom. The first-order valence-electron chi connectivity index (χ1n) is 9.50. The molecule has 0 saturated carbocycles. The highest BCUT2D eigenvalue weighted by Gasteiger charge is 2.31. The molecule has 0 spiro atoms. The summed E-state index contributed by atoms with van der Waals surface area (Å²) in [5.41, 5.74) is 0.923. The van der Waals surface area contributed by atoms with Gasteiger partial charge in [0.15, 0.2) is 0 Å². The third kappa shape index (κ3) is 5.09. The van der Waals surface area contributed by atoms with Crippen LogP contribution in [0.25, 0.3) is 0 Å². The molecule has 0 aromatic heterocycles. The van der Waals surface area contributed by atoms with Crippen LogP contribution in [-0.2, 0) is 19.6 Å². The number of rotatable bonds is 6. The first-order valence-corrected chi connectivity index (χ1v) is 11.0. The predicted molar refractivity (Wildman–Crippen MR) is 106 cm³/mol. The van der Waals surface area contributed by atoms with Crippen LogP contribution >= 0.6 is 0 Å². The Morgan fingerprint density at radius 3 is 2.15 bits per heavy atom. The van der Waals surface area contributed by atoms with Crippen LogP contribution in [0.1, 0.15) is 47.5 Å². The van der Waals surface area contributed by atoms with Crippen LogP contribution in [0.5, 0.6) is 0 Å². The molecule has 150 valence electrons. The zero-order chi connectivity index (χ0) is 20.4. The summed E-state index contributed by atoms with van der Waals surface area (Å²) >= 11 is 0. The number of hydrogen-bond acceptors (Lipinski definition) is 5. The van der Waals surface area contributed by atoms with Crippen molar-refractivity contribution in [3.8, 4) is 0 Å². The van der Waals surface area contributed by atoms with E-state index < -0.39 is 21.8 Å². The lowest BCUT2D eigenvalue weighted by Crippen LogP contribution is -2.43. The van der Waals surface area contributed by atoms with Crippen molar-refractivity contribution in [3.05, 3.63) is 24.3 Å². The summed E-state index contributed by atoms with van der Waals surface area (Å²) in [6.45, 7) is 10.0. The van der Waals surface area contributed by atoms with Gasteiger partial charge < -0.3 is 4.90 Å². The third-order valence-electron chi connectivity index (χ3n) is 5.09. The number of ketones is 1. The van der Waals surface area contributed by atoms with Crippen molar-refractivity contribution in [2.45, 2.75) is 58.4 Å². The standard InChI is InChI=1S/C20H30N2O4S/c1-13(2)19(23)16-10-11-22(15(5)12-16)17-6-8-18(9-7-17)27(25,26)21-20(24)14(3)4/h6-9,13-16H,10-12H2,1-5H3,(H,21,24). The van der Waals surface area contributed by atoms with Gasteiger partial charge in [0.05, 0.1) is 4.90 Å². The fourth-order valence-corrected chi connectivity index (χ4v) is 4.52. The maximum absolute atomic E-state index is 12.3. The Hall–Kier alpha value is -1.89. The first-order chi connectivity index (χ1) is 12.5. The number of Topliss-reactive ketones (excluding diaryl/α,β-unsaturated/α-hetero) is 1. The topological polar surface area (TPSA) is 83.6 Å². The smallest absolute Gasteiger partial charge is 0.264 e. The van der Waals surface area contributed by atoms with E-state index in [4.69, 9.17) is 0 Å². The third-order valence-corrected chi connectivity index (χ3v) is 6.45. The minimum atomic E-state index is -3.86. The van der Waals surface area contributed by atoms with Gasteiger partial charge in [-0.15, -0.1) is 0 Å². The van der Waals surface area contributed by atoms with Gasteiger partial charge in [0.25, 0.3) is 10.0 Å². The van der Waals surface area contributed by atoms with Crippen LogP contribution in [0.15, 0.2) is 29.2 Å². The van der Waals surface area contributed by atoms with Crippen LogP contribution in [0.2, 0.25) is 0 Å². The molecule has 2 unspecified atom stereocenters. The second kappa shape index (κ2) is 8.42. The van der Waals surface area contributed by atoms with Gasteiger partial charge >= 0.3 is 0 Å². The molecule has 1 saturated heterocycles. The quantitative estimate of drug-likeness (QED) is 0.802. The first kappa shape index (κ1) is 21.4. The molecule has 27 heavy (non-hydrogen) atoms. The van der Waals surface area contributed by atoms with Crippen molar-refractivity contribution < 1.29 is 18.0 Å².